The fourth-order valence-corrected chi connectivity index (χ4v) is 1.64. The summed E-state index contributed by atoms with van der Waals surface area (Å²) in [6.45, 7) is 10.1. The number of nitrogens with zero attached hydrogens (tertiary/aromatic N) is 3. The second-order valence-corrected chi connectivity index (χ2v) is 5.71. The maximum absolute atomic E-state index is 12.3. The molecule has 0 aromatic carbocycles. The van der Waals surface area contributed by atoms with E-state index in [1.807, 2.05) is 6.92 Å². The van der Waals surface area contributed by atoms with Gasteiger partial charge in [0.05, 0.1) is 0 Å². The third-order valence-electron chi connectivity index (χ3n) is 3.25. The van der Waals surface area contributed by atoms with E-state index in [2.05, 4.69) is 30.7 Å². The van der Waals surface area contributed by atoms with E-state index in [1.165, 1.54) is 0 Å². The summed E-state index contributed by atoms with van der Waals surface area (Å²) in [7, 11) is 1.78. The molecule has 100 valence electrons. The third kappa shape index (κ3) is 3.18. The van der Waals surface area contributed by atoms with Crippen LogP contribution in [0.1, 0.15) is 43.9 Å². The molecule has 1 amide bonds. The summed E-state index contributed by atoms with van der Waals surface area (Å²) in [6, 6.07) is 1.76. The molecule has 5 nitrogen and oxygen atoms in total. The van der Waals surface area contributed by atoms with Crippen LogP contribution in [0.2, 0.25) is 0 Å². The van der Waals surface area contributed by atoms with Crippen LogP contribution in [-0.4, -0.2) is 33.9 Å². The minimum absolute atomic E-state index is 0.0119. The number of carbonyl (C=O) groups is 1. The van der Waals surface area contributed by atoms with Crippen LogP contribution in [0.15, 0.2) is 6.07 Å². The number of hydrogen-bond acceptors (Lipinski definition) is 4. The molecule has 0 saturated heterocycles. The number of hydrogen-bond donors (Lipinski definition) is 1. The molecule has 0 aliphatic carbocycles. The summed E-state index contributed by atoms with van der Waals surface area (Å²) in [5.74, 6) is 0.00443. The van der Waals surface area contributed by atoms with E-state index in [1.54, 1.807) is 24.9 Å². The zero-order chi connectivity index (χ0) is 14.1. The lowest BCUT2D eigenvalue weighted by Crippen LogP contribution is -2.43. The molecule has 0 saturated carbocycles. The second kappa shape index (κ2) is 4.92. The molecule has 1 aromatic heterocycles. The molecule has 0 radical (unpaired) electrons. The molecule has 1 atom stereocenters. The molecular formula is C13H22N4O. The van der Waals surface area contributed by atoms with Crippen molar-refractivity contribution < 1.29 is 4.79 Å². The summed E-state index contributed by atoms with van der Waals surface area (Å²) in [4.78, 5) is 22.0. The van der Waals surface area contributed by atoms with Crippen molar-refractivity contribution in [3.8, 4) is 0 Å². The monoisotopic (exact) mass is 250 g/mol. The largest absolute Gasteiger partial charge is 0.368 e. The molecule has 0 spiro atoms. The minimum Gasteiger partial charge on any atom is -0.368 e. The zero-order valence-corrected chi connectivity index (χ0v) is 12.0. The van der Waals surface area contributed by atoms with Crippen LogP contribution in [0, 0.1) is 12.3 Å². The van der Waals surface area contributed by atoms with Gasteiger partial charge in [-0.1, -0.05) is 20.8 Å². The Morgan fingerprint density at radius 1 is 1.39 bits per heavy atom. The van der Waals surface area contributed by atoms with Crippen LogP contribution in [0.5, 0.6) is 0 Å². The van der Waals surface area contributed by atoms with Crippen LogP contribution in [-0.2, 0) is 0 Å². The first-order valence-electron chi connectivity index (χ1n) is 6.01. The Bertz CT molecular complexity index is 431. The lowest BCUT2D eigenvalue weighted by atomic mass is 9.87. The first-order chi connectivity index (χ1) is 8.12. The average Bonchev–Trinajstić information content (AvgIpc) is 2.23. The minimum atomic E-state index is -0.130. The highest BCUT2D eigenvalue weighted by Gasteiger charge is 2.28. The topological polar surface area (TPSA) is 72.1 Å². The van der Waals surface area contributed by atoms with E-state index in [-0.39, 0.29) is 23.3 Å². The van der Waals surface area contributed by atoms with E-state index in [4.69, 9.17) is 5.73 Å². The number of anilines is 1. The van der Waals surface area contributed by atoms with Crippen molar-refractivity contribution >= 4 is 11.9 Å². The molecule has 0 aliphatic heterocycles. The van der Waals surface area contributed by atoms with Gasteiger partial charge in [-0.3, -0.25) is 4.79 Å². The number of nitrogens with two attached hydrogens (primary N) is 1. The molecule has 18 heavy (non-hydrogen) atoms. The summed E-state index contributed by atoms with van der Waals surface area (Å²) in [5, 5.41) is 0. The number of nitrogen functional groups attached to an aromatic ring is 1. The smallest absolute Gasteiger partial charge is 0.272 e. The number of rotatable bonds is 2. The van der Waals surface area contributed by atoms with Crippen LogP contribution in [0.4, 0.5) is 5.95 Å². The Kier molecular flexibility index (Phi) is 3.94. The Morgan fingerprint density at radius 3 is 2.39 bits per heavy atom. The second-order valence-electron chi connectivity index (χ2n) is 5.71. The zero-order valence-electron chi connectivity index (χ0n) is 12.0. The first kappa shape index (κ1) is 14.4. The van der Waals surface area contributed by atoms with Crippen LogP contribution < -0.4 is 5.73 Å². The van der Waals surface area contributed by atoms with Crippen LogP contribution in [0.3, 0.4) is 0 Å². The SMILES string of the molecule is Cc1cc(C(=O)N(C)C(C)C(C)(C)C)nc(N)n1. The average molecular weight is 250 g/mol. The van der Waals surface area contributed by atoms with Crippen molar-refractivity contribution in [2.24, 2.45) is 5.41 Å². The summed E-state index contributed by atoms with van der Waals surface area (Å²) in [5.41, 5.74) is 6.62. The van der Waals surface area contributed by atoms with E-state index in [0.717, 1.165) is 0 Å². The normalized spacial score (nSPS) is 13.2. The van der Waals surface area contributed by atoms with Crippen LogP contribution >= 0.6 is 0 Å². The molecule has 1 aromatic rings. The maximum atomic E-state index is 12.3. The highest BCUT2D eigenvalue weighted by molar-refractivity contribution is 5.92. The fraction of sp³-hybridized carbons (Fsp3) is 0.615. The van der Waals surface area contributed by atoms with Crippen molar-refractivity contribution in [2.75, 3.05) is 12.8 Å². The number of aromatic nitrogens is 2. The predicted molar refractivity (Wildman–Crippen MR) is 72.2 cm³/mol. The highest BCUT2D eigenvalue weighted by Crippen LogP contribution is 2.24. The van der Waals surface area contributed by atoms with Gasteiger partial charge < -0.3 is 10.6 Å². The van der Waals surface area contributed by atoms with E-state index >= 15 is 0 Å². The molecule has 1 unspecified atom stereocenters. The number of amides is 1. The van der Waals surface area contributed by atoms with Gasteiger partial charge in [0.2, 0.25) is 5.95 Å². The Labute approximate surface area is 108 Å². The predicted octanol–water partition coefficient (Wildman–Crippen LogP) is 1.87. The van der Waals surface area contributed by atoms with Gasteiger partial charge >= 0.3 is 0 Å². The molecule has 0 bridgehead atoms. The van der Waals surface area contributed by atoms with Crippen molar-refractivity contribution in [3.63, 3.8) is 0 Å². The van der Waals surface area contributed by atoms with E-state index in [9.17, 15) is 4.79 Å². The molecule has 1 rings (SSSR count). The lowest BCUT2D eigenvalue weighted by Gasteiger charge is -2.35. The van der Waals surface area contributed by atoms with Crippen molar-refractivity contribution in [3.05, 3.63) is 17.5 Å². The Balaban J connectivity index is 3.00. The number of carbonyl (C=O) groups excluding carboxylic acids is 1. The van der Waals surface area contributed by atoms with Gasteiger partial charge in [0.1, 0.15) is 5.69 Å². The van der Waals surface area contributed by atoms with Gasteiger partial charge in [0, 0.05) is 18.8 Å². The van der Waals surface area contributed by atoms with Crippen molar-refractivity contribution in [1.29, 1.82) is 0 Å². The maximum Gasteiger partial charge on any atom is 0.272 e. The van der Waals surface area contributed by atoms with Crippen LogP contribution in [0.25, 0.3) is 0 Å². The summed E-state index contributed by atoms with van der Waals surface area (Å²) in [6.07, 6.45) is 0. The molecule has 5 heteroatoms. The quantitative estimate of drug-likeness (QED) is 0.869. The molecule has 1 heterocycles. The molecule has 0 fully saturated rings. The molecule has 2 N–H and O–H groups in total. The Hall–Kier alpha value is -1.65. The first-order valence-corrected chi connectivity index (χ1v) is 6.01. The van der Waals surface area contributed by atoms with E-state index < -0.39 is 0 Å². The summed E-state index contributed by atoms with van der Waals surface area (Å²) < 4.78 is 0. The molecular weight excluding hydrogens is 228 g/mol. The fourth-order valence-electron chi connectivity index (χ4n) is 1.64. The summed E-state index contributed by atoms with van der Waals surface area (Å²) >= 11 is 0. The van der Waals surface area contributed by atoms with Gasteiger partial charge in [-0.05, 0) is 25.3 Å². The molecule has 0 aliphatic rings. The van der Waals surface area contributed by atoms with Crippen molar-refractivity contribution in [2.45, 2.75) is 40.7 Å². The van der Waals surface area contributed by atoms with E-state index in [0.29, 0.717) is 11.4 Å². The highest BCUT2D eigenvalue weighted by atomic mass is 16.2. The van der Waals surface area contributed by atoms with Gasteiger partial charge in [-0.15, -0.1) is 0 Å². The van der Waals surface area contributed by atoms with Gasteiger partial charge in [-0.25, -0.2) is 9.97 Å². The number of aryl methyl sites for hydroxylation is 1. The van der Waals surface area contributed by atoms with Gasteiger partial charge in [0.25, 0.3) is 5.91 Å². The standard InChI is InChI=1S/C13H22N4O/c1-8-7-10(16-12(14)15-8)11(18)17(6)9(2)13(3,4)5/h7,9H,1-6H3,(H2,14,15,16). The van der Waals surface area contributed by atoms with Crippen molar-refractivity contribution in [1.82, 2.24) is 14.9 Å². The van der Waals surface area contributed by atoms with Gasteiger partial charge in [0.15, 0.2) is 0 Å². The Morgan fingerprint density at radius 2 is 1.94 bits per heavy atom. The third-order valence-corrected chi connectivity index (χ3v) is 3.25. The van der Waals surface area contributed by atoms with Gasteiger partial charge in [-0.2, -0.15) is 0 Å². The lowest BCUT2D eigenvalue weighted by molar-refractivity contribution is 0.0623.